The van der Waals surface area contributed by atoms with Crippen molar-refractivity contribution in [2.75, 3.05) is 6.61 Å². The van der Waals surface area contributed by atoms with Crippen molar-refractivity contribution in [2.45, 2.75) is 13.3 Å². The van der Waals surface area contributed by atoms with E-state index >= 15 is 0 Å². The summed E-state index contributed by atoms with van der Waals surface area (Å²) in [6.07, 6.45) is 2.82. The van der Waals surface area contributed by atoms with Gasteiger partial charge in [-0.15, -0.1) is 0 Å². The van der Waals surface area contributed by atoms with E-state index in [1.165, 1.54) is 13.0 Å². The van der Waals surface area contributed by atoms with Gasteiger partial charge in [-0.05, 0) is 13.3 Å². The van der Waals surface area contributed by atoms with Crippen molar-refractivity contribution in [1.29, 1.82) is 0 Å². The minimum Gasteiger partial charge on any atom is -0.478 e. The van der Waals surface area contributed by atoms with Gasteiger partial charge in [-0.1, -0.05) is 12.7 Å². The van der Waals surface area contributed by atoms with E-state index in [9.17, 15) is 9.59 Å². The molecule has 0 fully saturated rings. The van der Waals surface area contributed by atoms with Crippen molar-refractivity contribution in [1.82, 2.24) is 0 Å². The Morgan fingerprint density at radius 1 is 1.36 bits per heavy atom. The molecule has 0 bridgehead atoms. The number of rotatable bonds is 4. The highest BCUT2D eigenvalue weighted by molar-refractivity contribution is 5.84. The zero-order valence-corrected chi connectivity index (χ0v) is 7.93. The van der Waals surface area contributed by atoms with Gasteiger partial charge in [-0.3, -0.25) is 0 Å². The SMILES string of the molecule is C=C(C)C(=O)O.O=C(O)C=CCCO. The summed E-state index contributed by atoms with van der Waals surface area (Å²) in [5, 5.41) is 24.0. The summed E-state index contributed by atoms with van der Waals surface area (Å²) in [5.41, 5.74) is 0.176. The van der Waals surface area contributed by atoms with E-state index in [2.05, 4.69) is 6.58 Å². The van der Waals surface area contributed by atoms with Gasteiger partial charge in [0.2, 0.25) is 0 Å². The fraction of sp³-hybridized carbons (Fsp3) is 0.333. The second-order valence-electron chi connectivity index (χ2n) is 2.34. The third-order valence-corrected chi connectivity index (χ3v) is 0.921. The van der Waals surface area contributed by atoms with E-state index < -0.39 is 11.9 Å². The predicted octanol–water partition coefficient (Wildman–Crippen LogP) is 0.657. The lowest BCUT2D eigenvalue weighted by Gasteiger charge is -1.79. The van der Waals surface area contributed by atoms with Crippen LogP contribution >= 0.6 is 0 Å². The summed E-state index contributed by atoms with van der Waals surface area (Å²) in [5.74, 6) is -1.91. The van der Waals surface area contributed by atoms with Gasteiger partial charge < -0.3 is 15.3 Å². The molecule has 0 heterocycles. The van der Waals surface area contributed by atoms with Crippen LogP contribution in [0.3, 0.4) is 0 Å². The minimum absolute atomic E-state index is 0.00375. The van der Waals surface area contributed by atoms with Gasteiger partial charge in [0.15, 0.2) is 0 Å². The summed E-state index contributed by atoms with van der Waals surface area (Å²) < 4.78 is 0. The summed E-state index contributed by atoms with van der Waals surface area (Å²) in [4.78, 5) is 19.3. The Bertz CT molecular complexity index is 217. The van der Waals surface area contributed by atoms with Crippen LogP contribution in [-0.2, 0) is 9.59 Å². The van der Waals surface area contributed by atoms with Crippen LogP contribution in [0.2, 0.25) is 0 Å². The molecular formula is C9H14O5. The summed E-state index contributed by atoms with van der Waals surface area (Å²) in [7, 11) is 0. The fourth-order valence-electron chi connectivity index (χ4n) is 0.259. The molecule has 0 aliphatic heterocycles. The van der Waals surface area contributed by atoms with Crippen molar-refractivity contribution in [3.63, 3.8) is 0 Å². The molecule has 80 valence electrons. The van der Waals surface area contributed by atoms with Gasteiger partial charge in [0.1, 0.15) is 0 Å². The molecule has 0 aliphatic carbocycles. The van der Waals surface area contributed by atoms with E-state index in [4.69, 9.17) is 15.3 Å². The number of hydrogen-bond acceptors (Lipinski definition) is 3. The second-order valence-corrected chi connectivity index (χ2v) is 2.34. The number of aliphatic hydroxyl groups is 1. The maximum atomic E-state index is 9.71. The summed E-state index contributed by atoms with van der Waals surface area (Å²) in [6, 6.07) is 0. The van der Waals surface area contributed by atoms with Crippen molar-refractivity contribution >= 4 is 11.9 Å². The molecule has 0 atom stereocenters. The van der Waals surface area contributed by atoms with E-state index in [1.807, 2.05) is 0 Å². The topological polar surface area (TPSA) is 94.8 Å². The molecule has 0 aromatic carbocycles. The number of carboxylic acids is 2. The van der Waals surface area contributed by atoms with Gasteiger partial charge in [0.25, 0.3) is 0 Å². The molecule has 0 unspecified atom stereocenters. The quantitative estimate of drug-likeness (QED) is 0.582. The van der Waals surface area contributed by atoms with Crippen LogP contribution in [0.4, 0.5) is 0 Å². The van der Waals surface area contributed by atoms with E-state index in [0.29, 0.717) is 6.42 Å². The normalized spacial score (nSPS) is 9.00. The zero-order chi connectivity index (χ0) is 11.6. The van der Waals surface area contributed by atoms with Gasteiger partial charge in [-0.2, -0.15) is 0 Å². The maximum absolute atomic E-state index is 9.71. The largest absolute Gasteiger partial charge is 0.478 e. The molecule has 0 rings (SSSR count). The average molecular weight is 202 g/mol. The molecule has 5 nitrogen and oxygen atoms in total. The molecule has 0 radical (unpaired) electrons. The fourth-order valence-corrected chi connectivity index (χ4v) is 0.259. The lowest BCUT2D eigenvalue weighted by atomic mass is 10.4. The van der Waals surface area contributed by atoms with Crippen molar-refractivity contribution in [3.05, 3.63) is 24.3 Å². The summed E-state index contributed by atoms with van der Waals surface area (Å²) in [6.45, 7) is 4.61. The molecule has 3 N–H and O–H groups in total. The van der Waals surface area contributed by atoms with Crippen LogP contribution in [0.25, 0.3) is 0 Å². The zero-order valence-electron chi connectivity index (χ0n) is 7.93. The van der Waals surface area contributed by atoms with Crippen molar-refractivity contribution in [2.24, 2.45) is 0 Å². The highest BCUT2D eigenvalue weighted by atomic mass is 16.4. The van der Waals surface area contributed by atoms with Crippen LogP contribution in [0.15, 0.2) is 24.3 Å². The van der Waals surface area contributed by atoms with Gasteiger partial charge in [-0.25, -0.2) is 9.59 Å². The molecule has 14 heavy (non-hydrogen) atoms. The van der Waals surface area contributed by atoms with Gasteiger partial charge in [0, 0.05) is 18.3 Å². The Morgan fingerprint density at radius 2 is 1.79 bits per heavy atom. The van der Waals surface area contributed by atoms with Gasteiger partial charge in [0.05, 0.1) is 0 Å². The van der Waals surface area contributed by atoms with Crippen molar-refractivity contribution < 1.29 is 24.9 Å². The average Bonchev–Trinajstić information content (AvgIpc) is 2.05. The predicted molar refractivity (Wildman–Crippen MR) is 50.9 cm³/mol. The van der Waals surface area contributed by atoms with Crippen molar-refractivity contribution in [3.8, 4) is 0 Å². The third kappa shape index (κ3) is 16.8. The molecule has 0 aromatic rings. The molecule has 0 saturated carbocycles. The first kappa shape index (κ1) is 14.9. The highest BCUT2D eigenvalue weighted by Crippen LogP contribution is 1.81. The molecule has 0 aliphatic rings. The minimum atomic E-state index is -0.974. The summed E-state index contributed by atoms with van der Waals surface area (Å²) >= 11 is 0. The smallest absolute Gasteiger partial charge is 0.330 e. The first-order valence-corrected chi connectivity index (χ1v) is 3.81. The Kier molecular flexibility index (Phi) is 10.1. The third-order valence-electron chi connectivity index (χ3n) is 0.921. The molecular weight excluding hydrogens is 188 g/mol. The highest BCUT2D eigenvalue weighted by Gasteiger charge is 1.90. The Labute approximate surface area is 82.0 Å². The Hall–Kier alpha value is -1.62. The molecule has 5 heteroatoms. The van der Waals surface area contributed by atoms with Crippen LogP contribution < -0.4 is 0 Å². The van der Waals surface area contributed by atoms with Crippen LogP contribution in [0.5, 0.6) is 0 Å². The maximum Gasteiger partial charge on any atom is 0.330 e. The Balaban J connectivity index is 0. The number of carboxylic acid groups (broad SMARTS) is 2. The van der Waals surface area contributed by atoms with Crippen LogP contribution in [0.1, 0.15) is 13.3 Å². The van der Waals surface area contributed by atoms with Gasteiger partial charge >= 0.3 is 11.9 Å². The standard InChI is InChI=1S/C5H8O3.C4H6O2/c6-4-2-1-3-5(7)8;1-3(2)4(5)6/h1,3,6H,2,4H2,(H,7,8);1H2,2H3,(H,5,6). The van der Waals surface area contributed by atoms with Crippen LogP contribution in [-0.4, -0.2) is 33.9 Å². The second kappa shape index (κ2) is 9.47. The number of hydrogen-bond donors (Lipinski definition) is 3. The first-order chi connectivity index (χ1) is 6.41. The molecule has 0 saturated heterocycles. The lowest BCUT2D eigenvalue weighted by Crippen LogP contribution is -1.92. The first-order valence-electron chi connectivity index (χ1n) is 3.81. The molecule has 0 amide bonds. The monoisotopic (exact) mass is 202 g/mol. The number of aliphatic carboxylic acids is 2. The lowest BCUT2D eigenvalue weighted by molar-refractivity contribution is -0.133. The van der Waals surface area contributed by atoms with E-state index in [1.54, 1.807) is 0 Å². The molecule has 0 spiro atoms. The van der Waals surface area contributed by atoms with Crippen LogP contribution in [0, 0.1) is 0 Å². The number of aliphatic hydroxyl groups excluding tert-OH is 1. The Morgan fingerprint density at radius 3 is 2.00 bits per heavy atom. The molecule has 0 aromatic heterocycles. The number of carbonyl (C=O) groups is 2. The van der Waals surface area contributed by atoms with E-state index in [0.717, 1.165) is 6.08 Å². The van der Waals surface area contributed by atoms with E-state index in [-0.39, 0.29) is 12.2 Å².